The fraction of sp³-hybridized carbons (Fsp3) is 0.455. The second-order valence-corrected chi connectivity index (χ2v) is 6.24. The lowest BCUT2D eigenvalue weighted by Gasteiger charge is -2.27. The lowest BCUT2D eigenvalue weighted by Crippen LogP contribution is -2.44. The summed E-state index contributed by atoms with van der Waals surface area (Å²) < 4.78 is 31.2. The third-order valence-corrected chi connectivity index (χ3v) is 4.66. The first-order chi connectivity index (χ1) is 7.44. The Morgan fingerprint density at radius 3 is 2.50 bits per heavy atom. The van der Waals surface area contributed by atoms with E-state index in [9.17, 15) is 8.42 Å². The molecular formula is C11H14NO3S. The second kappa shape index (κ2) is 3.84. The van der Waals surface area contributed by atoms with Crippen molar-refractivity contribution in [1.29, 1.82) is 0 Å². The van der Waals surface area contributed by atoms with Crippen LogP contribution in [-0.2, 0) is 14.8 Å². The van der Waals surface area contributed by atoms with Crippen molar-refractivity contribution in [1.82, 2.24) is 4.31 Å². The van der Waals surface area contributed by atoms with E-state index < -0.39 is 15.6 Å². The number of ether oxygens (including phenoxy) is 1. The van der Waals surface area contributed by atoms with Crippen LogP contribution in [0.3, 0.4) is 0 Å². The van der Waals surface area contributed by atoms with Crippen LogP contribution in [0, 0.1) is 6.07 Å². The number of rotatable bonds is 2. The SMILES string of the molecule is CC1(C)COCN1S(=O)(=O)c1cc[c]cc1. The first kappa shape index (κ1) is 11.6. The average molecular weight is 240 g/mol. The Morgan fingerprint density at radius 1 is 1.38 bits per heavy atom. The second-order valence-electron chi connectivity index (χ2n) is 4.38. The quantitative estimate of drug-likeness (QED) is 0.781. The van der Waals surface area contributed by atoms with Gasteiger partial charge in [0.05, 0.1) is 17.0 Å². The van der Waals surface area contributed by atoms with Crippen LogP contribution >= 0.6 is 0 Å². The van der Waals surface area contributed by atoms with Gasteiger partial charge in [-0.2, -0.15) is 4.31 Å². The van der Waals surface area contributed by atoms with E-state index in [0.29, 0.717) is 6.61 Å². The maximum Gasteiger partial charge on any atom is 0.245 e. The molecular weight excluding hydrogens is 226 g/mol. The highest BCUT2D eigenvalue weighted by Gasteiger charge is 2.41. The first-order valence-electron chi connectivity index (χ1n) is 5.01. The van der Waals surface area contributed by atoms with E-state index in [1.165, 1.54) is 4.31 Å². The van der Waals surface area contributed by atoms with Gasteiger partial charge >= 0.3 is 0 Å². The van der Waals surface area contributed by atoms with E-state index in [1.54, 1.807) is 24.3 Å². The van der Waals surface area contributed by atoms with Gasteiger partial charge < -0.3 is 4.74 Å². The van der Waals surface area contributed by atoms with E-state index in [-0.39, 0.29) is 11.6 Å². The summed E-state index contributed by atoms with van der Waals surface area (Å²) >= 11 is 0. The summed E-state index contributed by atoms with van der Waals surface area (Å²) in [7, 11) is -3.46. The monoisotopic (exact) mass is 240 g/mol. The van der Waals surface area contributed by atoms with E-state index >= 15 is 0 Å². The number of benzene rings is 1. The summed E-state index contributed by atoms with van der Waals surface area (Å²) in [6.45, 7) is 4.25. The van der Waals surface area contributed by atoms with Crippen LogP contribution in [0.1, 0.15) is 13.8 Å². The molecule has 0 unspecified atom stereocenters. The van der Waals surface area contributed by atoms with Gasteiger partial charge in [0.2, 0.25) is 10.0 Å². The maximum absolute atomic E-state index is 12.3. The largest absolute Gasteiger partial charge is 0.363 e. The zero-order valence-electron chi connectivity index (χ0n) is 9.30. The molecule has 5 heteroatoms. The van der Waals surface area contributed by atoms with Crippen LogP contribution in [0.5, 0.6) is 0 Å². The van der Waals surface area contributed by atoms with Gasteiger partial charge in [-0.15, -0.1) is 0 Å². The molecule has 0 saturated carbocycles. The van der Waals surface area contributed by atoms with Gasteiger partial charge in [0.25, 0.3) is 0 Å². The zero-order chi connectivity index (χ0) is 11.8. The fourth-order valence-electron chi connectivity index (χ4n) is 1.69. The minimum Gasteiger partial charge on any atom is -0.363 e. The molecule has 1 aromatic rings. The minimum absolute atomic E-state index is 0.119. The van der Waals surface area contributed by atoms with Crippen molar-refractivity contribution >= 4 is 10.0 Å². The molecule has 1 radical (unpaired) electrons. The molecule has 0 spiro atoms. The van der Waals surface area contributed by atoms with Crippen LogP contribution in [0.2, 0.25) is 0 Å². The van der Waals surface area contributed by atoms with E-state index in [0.717, 1.165) is 0 Å². The molecule has 16 heavy (non-hydrogen) atoms. The predicted molar refractivity (Wildman–Crippen MR) is 59.2 cm³/mol. The van der Waals surface area contributed by atoms with E-state index in [1.807, 2.05) is 13.8 Å². The third kappa shape index (κ3) is 1.86. The molecule has 1 fully saturated rings. The lowest BCUT2D eigenvalue weighted by atomic mass is 10.1. The molecule has 1 heterocycles. The maximum atomic E-state index is 12.3. The van der Waals surface area contributed by atoms with Crippen LogP contribution in [0.15, 0.2) is 29.2 Å². The lowest BCUT2D eigenvalue weighted by molar-refractivity contribution is 0.171. The Morgan fingerprint density at radius 2 is 2.00 bits per heavy atom. The normalized spacial score (nSPS) is 21.1. The minimum atomic E-state index is -3.46. The number of hydrogen-bond acceptors (Lipinski definition) is 3. The standard InChI is InChI=1S/C11H14NO3S/c1-11(2)8-15-9-12(11)16(13,14)10-6-4-3-5-7-10/h4-7H,8-9H2,1-2H3. The highest BCUT2D eigenvalue weighted by molar-refractivity contribution is 7.89. The molecule has 1 saturated heterocycles. The molecule has 4 nitrogen and oxygen atoms in total. The van der Waals surface area contributed by atoms with Gasteiger partial charge in [-0.05, 0) is 32.0 Å². The molecule has 1 aliphatic heterocycles. The third-order valence-electron chi connectivity index (χ3n) is 2.61. The van der Waals surface area contributed by atoms with E-state index in [4.69, 9.17) is 4.74 Å². The Bertz CT molecular complexity index is 467. The van der Waals surface area contributed by atoms with Gasteiger partial charge in [-0.1, -0.05) is 12.1 Å². The molecule has 1 aliphatic rings. The van der Waals surface area contributed by atoms with Gasteiger partial charge in [0.1, 0.15) is 6.73 Å². The molecule has 0 atom stereocenters. The summed E-state index contributed by atoms with van der Waals surface area (Å²) in [5.74, 6) is 0. The summed E-state index contributed by atoms with van der Waals surface area (Å²) in [4.78, 5) is 0.282. The highest BCUT2D eigenvalue weighted by atomic mass is 32.2. The fourth-order valence-corrected chi connectivity index (χ4v) is 3.34. The van der Waals surface area contributed by atoms with Crippen molar-refractivity contribution in [2.75, 3.05) is 13.3 Å². The summed E-state index contributed by atoms with van der Waals surface area (Å²) in [6.07, 6.45) is 0. The smallest absolute Gasteiger partial charge is 0.245 e. The molecule has 0 aromatic heterocycles. The first-order valence-corrected chi connectivity index (χ1v) is 6.45. The van der Waals surface area contributed by atoms with Crippen molar-refractivity contribution in [3.63, 3.8) is 0 Å². The molecule has 0 N–H and O–H groups in total. The van der Waals surface area contributed by atoms with Crippen molar-refractivity contribution < 1.29 is 13.2 Å². The van der Waals surface area contributed by atoms with Crippen LogP contribution in [0.4, 0.5) is 0 Å². The van der Waals surface area contributed by atoms with Gasteiger partial charge in [0, 0.05) is 0 Å². The number of hydrogen-bond donors (Lipinski definition) is 0. The van der Waals surface area contributed by atoms with Crippen LogP contribution < -0.4 is 0 Å². The zero-order valence-corrected chi connectivity index (χ0v) is 10.1. The van der Waals surface area contributed by atoms with Gasteiger partial charge in [-0.3, -0.25) is 0 Å². The van der Waals surface area contributed by atoms with Crippen molar-refractivity contribution in [3.05, 3.63) is 30.3 Å². The molecule has 0 amide bonds. The Kier molecular flexibility index (Phi) is 2.77. The molecule has 1 aromatic carbocycles. The summed E-state index contributed by atoms with van der Waals surface area (Å²) in [5.41, 5.74) is -0.488. The Hall–Kier alpha value is -0.910. The van der Waals surface area contributed by atoms with Crippen molar-refractivity contribution in [2.45, 2.75) is 24.3 Å². The number of sulfonamides is 1. The van der Waals surface area contributed by atoms with Crippen LogP contribution in [0.25, 0.3) is 0 Å². The predicted octanol–water partition coefficient (Wildman–Crippen LogP) is 1.24. The van der Waals surface area contributed by atoms with Crippen LogP contribution in [-0.4, -0.2) is 31.6 Å². The van der Waals surface area contributed by atoms with Crippen molar-refractivity contribution in [3.8, 4) is 0 Å². The highest BCUT2D eigenvalue weighted by Crippen LogP contribution is 2.28. The van der Waals surface area contributed by atoms with E-state index in [2.05, 4.69) is 6.07 Å². The molecule has 0 aliphatic carbocycles. The molecule has 87 valence electrons. The van der Waals surface area contributed by atoms with Crippen molar-refractivity contribution in [2.24, 2.45) is 0 Å². The topological polar surface area (TPSA) is 46.6 Å². The average Bonchev–Trinajstić information content (AvgIpc) is 2.60. The van der Waals surface area contributed by atoms with Gasteiger partial charge in [0.15, 0.2) is 0 Å². The molecule has 2 rings (SSSR count). The number of nitrogens with zero attached hydrogens (tertiary/aromatic N) is 1. The summed E-state index contributed by atoms with van der Waals surface area (Å²) in [6, 6.07) is 9.08. The Labute approximate surface area is 95.9 Å². The summed E-state index contributed by atoms with van der Waals surface area (Å²) in [5, 5.41) is 0. The van der Waals surface area contributed by atoms with Gasteiger partial charge in [-0.25, -0.2) is 8.42 Å². The molecule has 0 bridgehead atoms. The Balaban J connectivity index is 2.41.